The van der Waals surface area contributed by atoms with Gasteiger partial charge in [0.15, 0.2) is 0 Å². The Morgan fingerprint density at radius 3 is 2.89 bits per heavy atom. The summed E-state index contributed by atoms with van der Waals surface area (Å²) in [5.41, 5.74) is 0. The summed E-state index contributed by atoms with van der Waals surface area (Å²) in [6.07, 6.45) is 5.28. The second-order valence-electron chi connectivity index (χ2n) is 5.21. The van der Waals surface area contributed by atoms with E-state index in [1.54, 1.807) is 6.26 Å². The van der Waals surface area contributed by atoms with Crippen molar-refractivity contribution in [2.24, 2.45) is 5.92 Å². The highest BCUT2D eigenvalue weighted by molar-refractivity contribution is 5.76. The maximum absolute atomic E-state index is 12.2. The van der Waals surface area contributed by atoms with Gasteiger partial charge in [-0.15, -0.1) is 0 Å². The predicted molar refractivity (Wildman–Crippen MR) is 74.9 cm³/mol. The van der Waals surface area contributed by atoms with E-state index >= 15 is 0 Å². The third-order valence-corrected chi connectivity index (χ3v) is 3.84. The topological polar surface area (TPSA) is 45.5 Å². The van der Waals surface area contributed by atoms with Gasteiger partial charge in [0.2, 0.25) is 5.91 Å². The van der Waals surface area contributed by atoms with Gasteiger partial charge in [0.1, 0.15) is 5.76 Å². The minimum absolute atomic E-state index is 0.248. The summed E-state index contributed by atoms with van der Waals surface area (Å²) in [6, 6.07) is 3.79. The molecule has 1 saturated heterocycles. The molecule has 1 aliphatic heterocycles. The number of carbonyl (C=O) groups is 1. The lowest BCUT2D eigenvalue weighted by Gasteiger charge is -2.29. The van der Waals surface area contributed by atoms with Gasteiger partial charge >= 0.3 is 0 Å². The number of furan rings is 1. The molecule has 1 fully saturated rings. The van der Waals surface area contributed by atoms with Crippen LogP contribution in [0.5, 0.6) is 0 Å². The average molecular weight is 264 g/mol. The van der Waals surface area contributed by atoms with Crippen LogP contribution in [0, 0.1) is 5.92 Å². The van der Waals surface area contributed by atoms with E-state index in [9.17, 15) is 4.79 Å². The van der Waals surface area contributed by atoms with Crippen molar-refractivity contribution in [2.45, 2.75) is 32.6 Å². The Hall–Kier alpha value is -1.29. The number of aryl methyl sites for hydroxylation is 1. The molecular weight excluding hydrogens is 240 g/mol. The molecule has 0 atom stereocenters. The Balaban J connectivity index is 1.77. The zero-order valence-corrected chi connectivity index (χ0v) is 11.7. The fourth-order valence-electron chi connectivity index (χ4n) is 2.63. The number of carbonyl (C=O) groups excluding carboxylic acids is 1. The van der Waals surface area contributed by atoms with Crippen LogP contribution in [0.3, 0.4) is 0 Å². The molecule has 4 nitrogen and oxygen atoms in total. The second kappa shape index (κ2) is 7.34. The molecule has 0 bridgehead atoms. The predicted octanol–water partition coefficient (Wildman–Crippen LogP) is 2.06. The fraction of sp³-hybridized carbons (Fsp3) is 0.667. The molecule has 1 N–H and O–H groups in total. The first-order valence-corrected chi connectivity index (χ1v) is 7.30. The van der Waals surface area contributed by atoms with E-state index in [0.717, 1.165) is 31.9 Å². The van der Waals surface area contributed by atoms with Crippen LogP contribution in [0.4, 0.5) is 0 Å². The zero-order chi connectivity index (χ0) is 13.5. The van der Waals surface area contributed by atoms with Gasteiger partial charge in [0, 0.05) is 25.9 Å². The molecule has 0 unspecified atom stereocenters. The van der Waals surface area contributed by atoms with Crippen molar-refractivity contribution in [3.05, 3.63) is 24.2 Å². The molecule has 1 aliphatic rings. The van der Waals surface area contributed by atoms with Gasteiger partial charge in [-0.05, 0) is 50.9 Å². The summed E-state index contributed by atoms with van der Waals surface area (Å²) in [6.45, 7) is 5.95. The first-order valence-electron chi connectivity index (χ1n) is 7.30. The monoisotopic (exact) mass is 264 g/mol. The van der Waals surface area contributed by atoms with Crippen molar-refractivity contribution in [1.82, 2.24) is 10.2 Å². The van der Waals surface area contributed by atoms with Gasteiger partial charge in [-0.3, -0.25) is 4.79 Å². The Morgan fingerprint density at radius 2 is 2.26 bits per heavy atom. The van der Waals surface area contributed by atoms with Crippen molar-refractivity contribution in [2.75, 3.05) is 26.2 Å². The van der Waals surface area contributed by atoms with Crippen molar-refractivity contribution >= 4 is 5.91 Å². The van der Waals surface area contributed by atoms with Gasteiger partial charge in [-0.25, -0.2) is 0 Å². The van der Waals surface area contributed by atoms with Crippen molar-refractivity contribution in [1.29, 1.82) is 0 Å². The van der Waals surface area contributed by atoms with E-state index in [4.69, 9.17) is 4.42 Å². The van der Waals surface area contributed by atoms with Gasteiger partial charge in [0.25, 0.3) is 0 Å². The summed E-state index contributed by atoms with van der Waals surface area (Å²) in [5.74, 6) is 1.80. The molecule has 2 heterocycles. The largest absolute Gasteiger partial charge is 0.469 e. The van der Waals surface area contributed by atoms with E-state index in [2.05, 4.69) is 12.2 Å². The third-order valence-electron chi connectivity index (χ3n) is 3.84. The van der Waals surface area contributed by atoms with E-state index < -0.39 is 0 Å². The standard InChI is InChI=1S/C15H24N2O2/c1-2-17(12-13-7-9-16-10-8-13)15(18)6-5-14-4-3-11-19-14/h3-4,11,13,16H,2,5-10,12H2,1H3. The summed E-state index contributed by atoms with van der Waals surface area (Å²) in [7, 11) is 0. The molecule has 19 heavy (non-hydrogen) atoms. The Bertz CT molecular complexity index is 370. The second-order valence-corrected chi connectivity index (χ2v) is 5.21. The van der Waals surface area contributed by atoms with Crippen LogP contribution in [0.15, 0.2) is 22.8 Å². The lowest BCUT2D eigenvalue weighted by Crippen LogP contribution is -2.39. The summed E-state index contributed by atoms with van der Waals surface area (Å²) < 4.78 is 5.27. The normalized spacial score (nSPS) is 16.5. The maximum atomic E-state index is 12.2. The van der Waals surface area contributed by atoms with E-state index in [1.165, 1.54) is 12.8 Å². The Labute approximate surface area is 115 Å². The van der Waals surface area contributed by atoms with E-state index in [1.807, 2.05) is 17.0 Å². The summed E-state index contributed by atoms with van der Waals surface area (Å²) in [4.78, 5) is 14.2. The number of piperidine rings is 1. The Morgan fingerprint density at radius 1 is 1.47 bits per heavy atom. The van der Waals surface area contributed by atoms with Crippen LogP contribution in [-0.4, -0.2) is 37.0 Å². The van der Waals surface area contributed by atoms with Crippen LogP contribution < -0.4 is 5.32 Å². The van der Waals surface area contributed by atoms with Crippen LogP contribution >= 0.6 is 0 Å². The zero-order valence-electron chi connectivity index (χ0n) is 11.7. The smallest absolute Gasteiger partial charge is 0.223 e. The number of hydrogen-bond acceptors (Lipinski definition) is 3. The number of rotatable bonds is 6. The molecule has 106 valence electrons. The number of nitrogens with zero attached hydrogens (tertiary/aromatic N) is 1. The maximum Gasteiger partial charge on any atom is 0.223 e. The van der Waals surface area contributed by atoms with Crippen LogP contribution in [0.2, 0.25) is 0 Å². The molecule has 0 radical (unpaired) electrons. The van der Waals surface area contributed by atoms with Gasteiger partial charge in [0.05, 0.1) is 6.26 Å². The minimum atomic E-state index is 0.248. The molecule has 1 amide bonds. The van der Waals surface area contributed by atoms with Crippen LogP contribution in [0.1, 0.15) is 31.9 Å². The van der Waals surface area contributed by atoms with E-state index in [0.29, 0.717) is 18.8 Å². The summed E-state index contributed by atoms with van der Waals surface area (Å²) >= 11 is 0. The molecular formula is C15H24N2O2. The number of hydrogen-bond donors (Lipinski definition) is 1. The van der Waals surface area contributed by atoms with Gasteiger partial charge < -0.3 is 14.6 Å². The van der Waals surface area contributed by atoms with Gasteiger partial charge in [-0.2, -0.15) is 0 Å². The molecule has 0 aliphatic carbocycles. The van der Waals surface area contributed by atoms with Crippen LogP contribution in [-0.2, 0) is 11.2 Å². The minimum Gasteiger partial charge on any atom is -0.469 e. The van der Waals surface area contributed by atoms with Crippen molar-refractivity contribution in [3.63, 3.8) is 0 Å². The van der Waals surface area contributed by atoms with Crippen LogP contribution in [0.25, 0.3) is 0 Å². The quantitative estimate of drug-likeness (QED) is 0.855. The lowest BCUT2D eigenvalue weighted by atomic mass is 9.97. The molecule has 0 aromatic carbocycles. The Kier molecular flexibility index (Phi) is 5.45. The number of nitrogens with one attached hydrogen (secondary N) is 1. The highest BCUT2D eigenvalue weighted by Gasteiger charge is 2.19. The molecule has 1 aromatic rings. The first kappa shape index (κ1) is 14.1. The molecule has 2 rings (SSSR count). The average Bonchev–Trinajstić information content (AvgIpc) is 2.96. The van der Waals surface area contributed by atoms with Gasteiger partial charge in [-0.1, -0.05) is 0 Å². The molecule has 0 saturated carbocycles. The summed E-state index contributed by atoms with van der Waals surface area (Å²) in [5, 5.41) is 3.36. The lowest BCUT2D eigenvalue weighted by molar-refractivity contribution is -0.131. The molecule has 0 spiro atoms. The number of amides is 1. The first-order chi connectivity index (χ1) is 9.29. The molecule has 1 aromatic heterocycles. The van der Waals surface area contributed by atoms with Crippen molar-refractivity contribution < 1.29 is 9.21 Å². The SMILES string of the molecule is CCN(CC1CCNCC1)C(=O)CCc1ccco1. The highest BCUT2D eigenvalue weighted by atomic mass is 16.3. The fourth-order valence-corrected chi connectivity index (χ4v) is 2.63. The van der Waals surface area contributed by atoms with E-state index in [-0.39, 0.29) is 5.91 Å². The third kappa shape index (κ3) is 4.39. The molecule has 4 heteroatoms. The van der Waals surface area contributed by atoms with Crippen molar-refractivity contribution in [3.8, 4) is 0 Å². The highest BCUT2D eigenvalue weighted by Crippen LogP contribution is 2.14.